The predicted octanol–water partition coefficient (Wildman–Crippen LogP) is 1.62. The first-order valence-corrected chi connectivity index (χ1v) is 8.46. The highest BCUT2D eigenvalue weighted by Gasteiger charge is 2.29. The van der Waals surface area contributed by atoms with E-state index in [-0.39, 0.29) is 5.91 Å². The van der Waals surface area contributed by atoms with E-state index in [1.54, 1.807) is 4.90 Å². The molecule has 1 aliphatic rings. The van der Waals surface area contributed by atoms with Crippen LogP contribution in [0.15, 0.2) is 42.5 Å². The number of hydrogen-bond acceptors (Lipinski definition) is 5. The summed E-state index contributed by atoms with van der Waals surface area (Å²) in [4.78, 5) is 31.4. The highest BCUT2D eigenvalue weighted by Crippen LogP contribution is 2.19. The highest BCUT2D eigenvalue weighted by molar-refractivity contribution is 5.86. The molecule has 8 heteroatoms. The molecule has 3 rings (SSSR count). The quantitative estimate of drug-likeness (QED) is 0.770. The molecule has 0 spiro atoms. The number of aromatic hydroxyl groups is 2. The van der Waals surface area contributed by atoms with E-state index in [2.05, 4.69) is 5.32 Å². The van der Waals surface area contributed by atoms with E-state index in [0.717, 1.165) is 18.4 Å². The SMILES string of the molecule is O=C(N[C@H]1CCCCN(Cc2ccccc2)C1=O)On1c(O)ccc1O. The average molecular weight is 359 g/mol. The third-order valence-electron chi connectivity index (χ3n) is 4.26. The molecule has 1 atom stereocenters. The number of aromatic nitrogens is 1. The number of amides is 2. The molecule has 3 N–H and O–H groups in total. The second-order valence-corrected chi connectivity index (χ2v) is 6.16. The van der Waals surface area contributed by atoms with Gasteiger partial charge in [0.2, 0.25) is 17.7 Å². The minimum absolute atomic E-state index is 0.177. The van der Waals surface area contributed by atoms with Crippen molar-refractivity contribution in [3.8, 4) is 11.8 Å². The Morgan fingerprint density at radius 1 is 1.12 bits per heavy atom. The highest BCUT2D eigenvalue weighted by atomic mass is 16.7. The first kappa shape index (κ1) is 17.7. The number of benzene rings is 1. The summed E-state index contributed by atoms with van der Waals surface area (Å²) >= 11 is 0. The van der Waals surface area contributed by atoms with Crippen LogP contribution in [0.2, 0.25) is 0 Å². The maximum absolute atomic E-state index is 12.8. The zero-order chi connectivity index (χ0) is 18.5. The van der Waals surface area contributed by atoms with Crippen LogP contribution in [0.25, 0.3) is 0 Å². The molecule has 0 aliphatic carbocycles. The Labute approximate surface area is 150 Å². The van der Waals surface area contributed by atoms with Gasteiger partial charge in [0.05, 0.1) is 0 Å². The smallest absolute Gasteiger partial charge is 0.432 e. The molecule has 0 saturated carbocycles. The van der Waals surface area contributed by atoms with E-state index in [0.29, 0.717) is 24.2 Å². The fourth-order valence-electron chi connectivity index (χ4n) is 2.95. The monoisotopic (exact) mass is 359 g/mol. The molecule has 1 fully saturated rings. The molecule has 2 heterocycles. The van der Waals surface area contributed by atoms with E-state index in [4.69, 9.17) is 4.84 Å². The normalized spacial score (nSPS) is 17.6. The summed E-state index contributed by atoms with van der Waals surface area (Å²) in [6.45, 7) is 1.10. The lowest BCUT2D eigenvalue weighted by Crippen LogP contribution is -2.48. The largest absolute Gasteiger partial charge is 0.492 e. The zero-order valence-electron chi connectivity index (χ0n) is 14.2. The van der Waals surface area contributed by atoms with Crippen LogP contribution >= 0.6 is 0 Å². The van der Waals surface area contributed by atoms with E-state index in [9.17, 15) is 19.8 Å². The summed E-state index contributed by atoms with van der Waals surface area (Å²) in [5, 5.41) is 21.5. The van der Waals surface area contributed by atoms with Gasteiger partial charge in [0.25, 0.3) is 0 Å². The summed E-state index contributed by atoms with van der Waals surface area (Å²) in [5.74, 6) is -1.02. The third kappa shape index (κ3) is 4.08. The van der Waals surface area contributed by atoms with Crippen LogP contribution in [0.4, 0.5) is 4.79 Å². The predicted molar refractivity (Wildman–Crippen MR) is 92.4 cm³/mol. The number of nitrogens with one attached hydrogen (secondary N) is 1. The Kier molecular flexibility index (Phi) is 5.31. The molecule has 1 saturated heterocycles. The minimum Gasteiger partial charge on any atom is -0.492 e. The summed E-state index contributed by atoms with van der Waals surface area (Å²) in [6.07, 6.45) is 1.22. The van der Waals surface area contributed by atoms with Gasteiger partial charge in [-0.1, -0.05) is 30.3 Å². The lowest BCUT2D eigenvalue weighted by molar-refractivity contribution is -0.133. The third-order valence-corrected chi connectivity index (χ3v) is 4.26. The van der Waals surface area contributed by atoms with Gasteiger partial charge in [-0.3, -0.25) is 4.79 Å². The van der Waals surface area contributed by atoms with Crippen molar-refractivity contribution in [2.75, 3.05) is 6.54 Å². The number of carbonyl (C=O) groups excluding carboxylic acids is 2. The van der Waals surface area contributed by atoms with Crippen molar-refractivity contribution in [2.24, 2.45) is 0 Å². The van der Waals surface area contributed by atoms with Crippen molar-refractivity contribution in [2.45, 2.75) is 31.8 Å². The van der Waals surface area contributed by atoms with Gasteiger partial charge in [0.1, 0.15) is 6.04 Å². The van der Waals surface area contributed by atoms with Gasteiger partial charge in [-0.2, -0.15) is 0 Å². The summed E-state index contributed by atoms with van der Waals surface area (Å²) in [5.41, 5.74) is 1.02. The first-order chi connectivity index (χ1) is 12.5. The summed E-state index contributed by atoms with van der Waals surface area (Å²) < 4.78 is 0.582. The van der Waals surface area contributed by atoms with Crippen molar-refractivity contribution < 1.29 is 24.6 Å². The molecular formula is C18H21N3O5. The van der Waals surface area contributed by atoms with Gasteiger partial charge >= 0.3 is 6.09 Å². The zero-order valence-corrected chi connectivity index (χ0v) is 14.2. The summed E-state index contributed by atoms with van der Waals surface area (Å²) in [7, 11) is 0. The Balaban J connectivity index is 1.64. The molecule has 138 valence electrons. The molecule has 1 aromatic carbocycles. The second kappa shape index (κ2) is 7.81. The maximum Gasteiger partial charge on any atom is 0.432 e. The molecule has 2 aromatic rings. The standard InChI is InChI=1S/C18H21N3O5/c22-15-9-10-16(23)21(15)26-18(25)19-14-8-4-5-11-20(17(14)24)12-13-6-2-1-3-7-13/h1-3,6-7,9-10,14,22-23H,4-5,8,11-12H2,(H,19,25)/t14-/m0/s1. The van der Waals surface area contributed by atoms with Gasteiger partial charge in [-0.05, 0) is 24.8 Å². The van der Waals surface area contributed by atoms with Crippen LogP contribution in [0.5, 0.6) is 11.8 Å². The van der Waals surface area contributed by atoms with Crippen molar-refractivity contribution in [1.82, 2.24) is 14.9 Å². The maximum atomic E-state index is 12.8. The fourth-order valence-corrected chi connectivity index (χ4v) is 2.95. The molecule has 1 aromatic heterocycles. The van der Waals surface area contributed by atoms with E-state index in [1.165, 1.54) is 12.1 Å². The van der Waals surface area contributed by atoms with Crippen LogP contribution in [0, 0.1) is 0 Å². The molecule has 8 nitrogen and oxygen atoms in total. The van der Waals surface area contributed by atoms with Gasteiger partial charge < -0.3 is 25.3 Å². The van der Waals surface area contributed by atoms with Gasteiger partial charge in [-0.15, -0.1) is 4.73 Å². The van der Waals surface area contributed by atoms with E-state index in [1.807, 2.05) is 30.3 Å². The van der Waals surface area contributed by atoms with Crippen LogP contribution in [0.1, 0.15) is 24.8 Å². The van der Waals surface area contributed by atoms with Crippen molar-refractivity contribution in [1.29, 1.82) is 0 Å². The molecule has 2 amide bonds. The topological polar surface area (TPSA) is 104 Å². The van der Waals surface area contributed by atoms with Crippen LogP contribution < -0.4 is 10.2 Å². The number of carbonyl (C=O) groups is 2. The van der Waals surface area contributed by atoms with Gasteiger partial charge in [0.15, 0.2) is 0 Å². The van der Waals surface area contributed by atoms with Crippen molar-refractivity contribution >= 4 is 12.0 Å². The van der Waals surface area contributed by atoms with E-state index < -0.39 is 23.9 Å². The van der Waals surface area contributed by atoms with Gasteiger partial charge in [-0.25, -0.2) is 4.79 Å². The fraction of sp³-hybridized carbons (Fsp3) is 0.333. The minimum atomic E-state index is -0.924. The van der Waals surface area contributed by atoms with Crippen molar-refractivity contribution in [3.63, 3.8) is 0 Å². The summed E-state index contributed by atoms with van der Waals surface area (Å²) in [6, 6.07) is 11.3. The average Bonchev–Trinajstić information content (AvgIpc) is 2.84. The molecule has 0 radical (unpaired) electrons. The van der Waals surface area contributed by atoms with Crippen LogP contribution in [-0.4, -0.2) is 44.4 Å². The second-order valence-electron chi connectivity index (χ2n) is 6.16. The molecule has 1 aliphatic heterocycles. The molecule has 26 heavy (non-hydrogen) atoms. The van der Waals surface area contributed by atoms with E-state index >= 15 is 0 Å². The number of nitrogens with zero attached hydrogens (tertiary/aromatic N) is 2. The Morgan fingerprint density at radius 2 is 1.81 bits per heavy atom. The van der Waals surface area contributed by atoms with Crippen LogP contribution in [-0.2, 0) is 11.3 Å². The van der Waals surface area contributed by atoms with Crippen molar-refractivity contribution in [3.05, 3.63) is 48.0 Å². The molecule has 0 bridgehead atoms. The van der Waals surface area contributed by atoms with Gasteiger partial charge in [0, 0.05) is 25.2 Å². The lowest BCUT2D eigenvalue weighted by Gasteiger charge is -2.24. The molecular weight excluding hydrogens is 338 g/mol. The Morgan fingerprint density at radius 3 is 2.50 bits per heavy atom. The van der Waals surface area contributed by atoms with Crippen LogP contribution in [0.3, 0.4) is 0 Å². The number of hydrogen-bond donors (Lipinski definition) is 3. The Bertz CT molecular complexity index is 755. The Hall–Kier alpha value is -3.16. The number of rotatable bonds is 4. The number of likely N-dealkylation sites (tertiary alicyclic amines) is 1. The first-order valence-electron chi connectivity index (χ1n) is 8.46. The molecule has 0 unspecified atom stereocenters. The lowest BCUT2D eigenvalue weighted by atomic mass is 10.1.